The zero-order chi connectivity index (χ0) is 21.8. The summed E-state index contributed by atoms with van der Waals surface area (Å²) >= 11 is 0. The van der Waals surface area contributed by atoms with E-state index in [9.17, 15) is 14.4 Å². The number of rotatable bonds is 6. The summed E-state index contributed by atoms with van der Waals surface area (Å²) in [7, 11) is 0. The Morgan fingerprint density at radius 1 is 0.871 bits per heavy atom. The van der Waals surface area contributed by atoms with Gasteiger partial charge in [0, 0.05) is 22.8 Å². The van der Waals surface area contributed by atoms with Crippen LogP contribution in [-0.2, 0) is 4.79 Å². The highest BCUT2D eigenvalue weighted by atomic mass is 16.5. The summed E-state index contributed by atoms with van der Waals surface area (Å²) in [6.45, 7) is 2.70. The van der Waals surface area contributed by atoms with Crippen LogP contribution in [0, 0.1) is 0 Å². The van der Waals surface area contributed by atoms with Crippen molar-refractivity contribution in [3.05, 3.63) is 101 Å². The van der Waals surface area contributed by atoms with Crippen LogP contribution in [-0.4, -0.2) is 24.1 Å². The maximum absolute atomic E-state index is 13.0. The number of hydrogen-bond donors (Lipinski definition) is 1. The molecule has 0 heterocycles. The minimum Gasteiger partial charge on any atom is -0.494 e. The van der Waals surface area contributed by atoms with Crippen molar-refractivity contribution in [1.29, 1.82) is 0 Å². The van der Waals surface area contributed by atoms with Crippen molar-refractivity contribution < 1.29 is 19.1 Å². The molecule has 0 saturated heterocycles. The Labute approximate surface area is 180 Å². The predicted octanol–water partition coefficient (Wildman–Crippen LogP) is 4.90. The Hall–Kier alpha value is -3.99. The lowest BCUT2D eigenvalue weighted by atomic mass is 9.83. The van der Waals surface area contributed by atoms with E-state index >= 15 is 0 Å². The van der Waals surface area contributed by atoms with Crippen molar-refractivity contribution in [3.8, 4) is 5.75 Å². The second-order valence-electron chi connectivity index (χ2n) is 7.17. The molecule has 0 saturated carbocycles. The van der Waals surface area contributed by atoms with Gasteiger partial charge in [0.25, 0.3) is 0 Å². The molecule has 1 N–H and O–H groups in total. The molecule has 0 unspecified atom stereocenters. The standard InChI is InChI=1S/C26H21NO4/c1-2-16-31-18-13-10-17(11-14-18)12-15-23(28)27-22-9-5-8-21-24(22)26(30)20-7-4-3-6-19(20)25(21)29/h3-15H,2,16H2,1H3,(H,27,28)/b15-12+. The van der Waals surface area contributed by atoms with E-state index in [-0.39, 0.29) is 23.0 Å². The third kappa shape index (κ3) is 4.16. The number of hydrogen-bond acceptors (Lipinski definition) is 4. The van der Waals surface area contributed by atoms with Crippen LogP contribution in [0.3, 0.4) is 0 Å². The summed E-state index contributed by atoms with van der Waals surface area (Å²) in [4.78, 5) is 38.3. The van der Waals surface area contributed by atoms with Gasteiger partial charge in [0.1, 0.15) is 5.75 Å². The van der Waals surface area contributed by atoms with Crippen LogP contribution in [0.2, 0.25) is 0 Å². The molecular formula is C26H21NO4. The molecule has 5 heteroatoms. The van der Waals surface area contributed by atoms with E-state index in [1.807, 2.05) is 31.2 Å². The number of fused-ring (bicyclic) bond motifs is 2. The maximum Gasteiger partial charge on any atom is 0.248 e. The maximum atomic E-state index is 13.0. The molecule has 1 aliphatic carbocycles. The fourth-order valence-corrected chi connectivity index (χ4v) is 3.49. The molecule has 0 fully saturated rings. The van der Waals surface area contributed by atoms with Gasteiger partial charge in [-0.1, -0.05) is 55.5 Å². The molecule has 154 valence electrons. The van der Waals surface area contributed by atoms with E-state index in [2.05, 4.69) is 5.32 Å². The number of anilines is 1. The molecule has 3 aromatic carbocycles. The first-order valence-corrected chi connectivity index (χ1v) is 10.1. The van der Waals surface area contributed by atoms with Gasteiger partial charge in [-0.15, -0.1) is 0 Å². The van der Waals surface area contributed by atoms with Crippen molar-refractivity contribution in [1.82, 2.24) is 0 Å². The molecule has 31 heavy (non-hydrogen) atoms. The highest BCUT2D eigenvalue weighted by Gasteiger charge is 2.31. The summed E-state index contributed by atoms with van der Waals surface area (Å²) in [5.74, 6) is -0.100. The molecule has 1 aliphatic rings. The summed E-state index contributed by atoms with van der Waals surface area (Å²) in [6.07, 6.45) is 4.01. The SMILES string of the molecule is CCCOc1ccc(/C=C/C(=O)Nc2cccc3c2C(=O)c2ccccc2C3=O)cc1. The number of carbonyl (C=O) groups excluding carboxylic acids is 3. The van der Waals surface area contributed by atoms with Crippen LogP contribution in [0.4, 0.5) is 5.69 Å². The van der Waals surface area contributed by atoms with Gasteiger partial charge in [-0.2, -0.15) is 0 Å². The minimum atomic E-state index is -0.390. The Balaban J connectivity index is 1.53. The zero-order valence-corrected chi connectivity index (χ0v) is 17.1. The Morgan fingerprint density at radius 3 is 2.26 bits per heavy atom. The summed E-state index contributed by atoms with van der Waals surface area (Å²) < 4.78 is 5.55. The van der Waals surface area contributed by atoms with Crippen LogP contribution >= 0.6 is 0 Å². The van der Waals surface area contributed by atoms with Crippen LogP contribution in [0.1, 0.15) is 50.8 Å². The molecule has 0 aliphatic heterocycles. The molecule has 5 nitrogen and oxygen atoms in total. The molecule has 0 bridgehead atoms. The number of benzene rings is 3. The van der Waals surface area contributed by atoms with Crippen LogP contribution in [0.25, 0.3) is 6.08 Å². The van der Waals surface area contributed by atoms with E-state index in [1.165, 1.54) is 6.08 Å². The zero-order valence-electron chi connectivity index (χ0n) is 17.1. The summed E-state index contributed by atoms with van der Waals surface area (Å²) in [5, 5.41) is 2.74. The van der Waals surface area contributed by atoms with Crippen LogP contribution in [0.15, 0.2) is 72.8 Å². The second-order valence-corrected chi connectivity index (χ2v) is 7.17. The highest BCUT2D eigenvalue weighted by molar-refractivity contribution is 6.30. The van der Waals surface area contributed by atoms with E-state index < -0.39 is 0 Å². The normalized spacial score (nSPS) is 12.4. The van der Waals surface area contributed by atoms with E-state index in [4.69, 9.17) is 4.74 Å². The average molecular weight is 411 g/mol. The van der Waals surface area contributed by atoms with Crippen molar-refractivity contribution >= 4 is 29.2 Å². The summed E-state index contributed by atoms with van der Waals surface area (Å²) in [5.41, 5.74) is 2.42. The number of nitrogens with one attached hydrogen (secondary N) is 1. The molecule has 1 amide bonds. The highest BCUT2D eigenvalue weighted by Crippen LogP contribution is 2.31. The van der Waals surface area contributed by atoms with Crippen molar-refractivity contribution in [2.75, 3.05) is 11.9 Å². The number of carbonyl (C=O) groups is 3. The van der Waals surface area contributed by atoms with Crippen LogP contribution < -0.4 is 10.1 Å². The third-order valence-electron chi connectivity index (χ3n) is 4.99. The van der Waals surface area contributed by atoms with Crippen molar-refractivity contribution in [2.24, 2.45) is 0 Å². The van der Waals surface area contributed by atoms with Gasteiger partial charge in [0.2, 0.25) is 5.91 Å². The van der Waals surface area contributed by atoms with Gasteiger partial charge >= 0.3 is 0 Å². The molecule has 0 radical (unpaired) electrons. The number of ketones is 2. The smallest absolute Gasteiger partial charge is 0.248 e. The Morgan fingerprint density at radius 2 is 1.55 bits per heavy atom. The third-order valence-corrected chi connectivity index (χ3v) is 4.99. The lowest BCUT2D eigenvalue weighted by Gasteiger charge is -2.20. The molecule has 3 aromatic rings. The topological polar surface area (TPSA) is 72.5 Å². The Bertz CT molecular complexity index is 1190. The monoisotopic (exact) mass is 411 g/mol. The first kappa shape index (κ1) is 20.3. The summed E-state index contributed by atoms with van der Waals surface area (Å²) in [6, 6.07) is 19.0. The first-order valence-electron chi connectivity index (χ1n) is 10.1. The Kier molecular flexibility index (Phi) is 5.76. The van der Waals surface area contributed by atoms with Gasteiger partial charge in [0.15, 0.2) is 11.6 Å². The van der Waals surface area contributed by atoms with E-state index in [1.54, 1.807) is 48.5 Å². The largest absolute Gasteiger partial charge is 0.494 e. The molecule has 0 atom stereocenters. The second kappa shape index (κ2) is 8.79. The lowest BCUT2D eigenvalue weighted by molar-refractivity contribution is -0.111. The van der Waals surface area contributed by atoms with Gasteiger partial charge in [-0.25, -0.2) is 0 Å². The van der Waals surface area contributed by atoms with Gasteiger partial charge in [0.05, 0.1) is 17.9 Å². The van der Waals surface area contributed by atoms with Gasteiger partial charge < -0.3 is 10.1 Å². The fourth-order valence-electron chi connectivity index (χ4n) is 3.49. The van der Waals surface area contributed by atoms with Crippen molar-refractivity contribution in [3.63, 3.8) is 0 Å². The molecule has 0 aromatic heterocycles. The minimum absolute atomic E-state index is 0.220. The van der Waals surface area contributed by atoms with Crippen LogP contribution in [0.5, 0.6) is 5.75 Å². The molecule has 0 spiro atoms. The molecule has 4 rings (SSSR count). The van der Waals surface area contributed by atoms with Crippen molar-refractivity contribution in [2.45, 2.75) is 13.3 Å². The molecular weight excluding hydrogens is 390 g/mol. The van der Waals surface area contributed by atoms with E-state index in [0.29, 0.717) is 29.0 Å². The number of amides is 1. The quantitative estimate of drug-likeness (QED) is 0.458. The van der Waals surface area contributed by atoms with Gasteiger partial charge in [-0.3, -0.25) is 14.4 Å². The fraction of sp³-hybridized carbons (Fsp3) is 0.115. The number of ether oxygens (including phenoxy) is 1. The first-order chi connectivity index (χ1) is 15.1. The lowest BCUT2D eigenvalue weighted by Crippen LogP contribution is -2.23. The average Bonchev–Trinajstić information content (AvgIpc) is 2.80. The van der Waals surface area contributed by atoms with Gasteiger partial charge in [-0.05, 0) is 36.3 Å². The predicted molar refractivity (Wildman–Crippen MR) is 120 cm³/mol. The van der Waals surface area contributed by atoms with E-state index in [0.717, 1.165) is 17.7 Å².